The van der Waals surface area contributed by atoms with E-state index in [0.29, 0.717) is 19.5 Å². The van der Waals surface area contributed by atoms with Crippen molar-refractivity contribution in [2.75, 3.05) is 6.54 Å². The molecule has 0 bridgehead atoms. The first-order valence-corrected chi connectivity index (χ1v) is 8.52. The standard InChI is InChI=1S/C18H20N6O/c1-2-16(24-9-4-8-20-24)18(25)23-10-6-14-15(12-23)22-17(21-14)13-5-3-7-19-11-13/h3-5,7-9,11,16H,2,6,10,12H2,1H3,(H,21,22)/t16-/m1/s1. The third-order valence-electron chi connectivity index (χ3n) is 4.59. The summed E-state index contributed by atoms with van der Waals surface area (Å²) in [7, 11) is 0. The molecule has 7 heteroatoms. The van der Waals surface area contributed by atoms with Gasteiger partial charge in [-0.15, -0.1) is 0 Å². The van der Waals surface area contributed by atoms with Crippen LogP contribution in [0, 0.1) is 0 Å². The summed E-state index contributed by atoms with van der Waals surface area (Å²) in [6.07, 6.45) is 8.56. The minimum atomic E-state index is -0.253. The fourth-order valence-electron chi connectivity index (χ4n) is 3.27. The van der Waals surface area contributed by atoms with Crippen LogP contribution in [-0.2, 0) is 17.8 Å². The predicted molar refractivity (Wildman–Crippen MR) is 92.5 cm³/mol. The Morgan fingerprint density at radius 1 is 1.36 bits per heavy atom. The molecule has 7 nitrogen and oxygen atoms in total. The molecule has 1 aliphatic heterocycles. The third kappa shape index (κ3) is 2.93. The highest BCUT2D eigenvalue weighted by molar-refractivity contribution is 5.80. The maximum absolute atomic E-state index is 12.9. The number of pyridine rings is 1. The molecular weight excluding hydrogens is 316 g/mol. The van der Waals surface area contributed by atoms with Gasteiger partial charge in [-0.25, -0.2) is 4.98 Å². The maximum atomic E-state index is 12.9. The molecular formula is C18H20N6O. The van der Waals surface area contributed by atoms with E-state index in [1.54, 1.807) is 23.3 Å². The third-order valence-corrected chi connectivity index (χ3v) is 4.59. The Balaban J connectivity index is 1.55. The minimum Gasteiger partial charge on any atom is -0.340 e. The minimum absolute atomic E-state index is 0.106. The average Bonchev–Trinajstić information content (AvgIpc) is 3.32. The number of hydrogen-bond donors (Lipinski definition) is 1. The normalized spacial score (nSPS) is 15.0. The van der Waals surface area contributed by atoms with Gasteiger partial charge in [0.15, 0.2) is 0 Å². The van der Waals surface area contributed by atoms with Crippen LogP contribution in [0.1, 0.15) is 30.8 Å². The smallest absolute Gasteiger partial charge is 0.247 e. The van der Waals surface area contributed by atoms with Gasteiger partial charge in [-0.1, -0.05) is 6.92 Å². The van der Waals surface area contributed by atoms with Crippen molar-refractivity contribution in [2.24, 2.45) is 0 Å². The quantitative estimate of drug-likeness (QED) is 0.792. The Hall–Kier alpha value is -2.96. The van der Waals surface area contributed by atoms with Gasteiger partial charge in [-0.3, -0.25) is 14.5 Å². The van der Waals surface area contributed by atoms with Crippen molar-refractivity contribution in [2.45, 2.75) is 32.4 Å². The second-order valence-corrected chi connectivity index (χ2v) is 6.17. The van der Waals surface area contributed by atoms with Gasteiger partial charge in [-0.05, 0) is 24.6 Å². The van der Waals surface area contributed by atoms with Crippen LogP contribution in [0.5, 0.6) is 0 Å². The Morgan fingerprint density at radius 3 is 3.00 bits per heavy atom. The molecule has 1 N–H and O–H groups in total. The van der Waals surface area contributed by atoms with E-state index in [2.05, 4.69) is 20.1 Å². The number of aromatic nitrogens is 5. The Bertz CT molecular complexity index is 855. The highest BCUT2D eigenvalue weighted by atomic mass is 16.2. The summed E-state index contributed by atoms with van der Waals surface area (Å²) in [5.74, 6) is 0.917. The summed E-state index contributed by atoms with van der Waals surface area (Å²) in [5, 5.41) is 4.23. The lowest BCUT2D eigenvalue weighted by molar-refractivity contribution is -0.136. The SMILES string of the molecule is CC[C@H](C(=O)N1CCc2nc(-c3cccnc3)[nH]c2C1)n1cccn1. The molecule has 0 radical (unpaired) electrons. The Morgan fingerprint density at radius 2 is 2.28 bits per heavy atom. The number of H-pyrrole nitrogens is 1. The predicted octanol–water partition coefficient (Wildman–Crippen LogP) is 2.20. The van der Waals surface area contributed by atoms with Crippen molar-refractivity contribution in [3.63, 3.8) is 0 Å². The van der Waals surface area contributed by atoms with Crippen LogP contribution in [0.25, 0.3) is 11.4 Å². The molecule has 1 amide bonds. The van der Waals surface area contributed by atoms with Gasteiger partial charge < -0.3 is 9.88 Å². The molecule has 1 atom stereocenters. The van der Waals surface area contributed by atoms with E-state index in [0.717, 1.165) is 29.2 Å². The molecule has 0 spiro atoms. The van der Waals surface area contributed by atoms with Crippen molar-refractivity contribution in [1.29, 1.82) is 0 Å². The van der Waals surface area contributed by atoms with Gasteiger partial charge in [0.1, 0.15) is 11.9 Å². The van der Waals surface area contributed by atoms with E-state index in [1.165, 1.54) is 0 Å². The fraction of sp³-hybridized carbons (Fsp3) is 0.333. The molecule has 25 heavy (non-hydrogen) atoms. The lowest BCUT2D eigenvalue weighted by Gasteiger charge is -2.29. The summed E-state index contributed by atoms with van der Waals surface area (Å²) in [5.41, 5.74) is 3.00. The molecule has 0 saturated heterocycles. The van der Waals surface area contributed by atoms with E-state index in [9.17, 15) is 4.79 Å². The highest BCUT2D eigenvalue weighted by Crippen LogP contribution is 2.24. The van der Waals surface area contributed by atoms with E-state index in [1.807, 2.05) is 36.2 Å². The van der Waals surface area contributed by atoms with Crippen LogP contribution >= 0.6 is 0 Å². The molecule has 0 fully saturated rings. The summed E-state index contributed by atoms with van der Waals surface area (Å²) >= 11 is 0. The number of amides is 1. The van der Waals surface area contributed by atoms with Crippen molar-refractivity contribution in [3.8, 4) is 11.4 Å². The number of nitrogens with one attached hydrogen (secondary N) is 1. The summed E-state index contributed by atoms with van der Waals surface area (Å²) < 4.78 is 1.74. The maximum Gasteiger partial charge on any atom is 0.247 e. The van der Waals surface area contributed by atoms with E-state index in [4.69, 9.17) is 0 Å². The van der Waals surface area contributed by atoms with Gasteiger partial charge in [-0.2, -0.15) is 5.10 Å². The van der Waals surface area contributed by atoms with Crippen LogP contribution in [0.2, 0.25) is 0 Å². The van der Waals surface area contributed by atoms with Crippen LogP contribution in [0.3, 0.4) is 0 Å². The number of fused-ring (bicyclic) bond motifs is 1. The van der Waals surface area contributed by atoms with E-state index < -0.39 is 0 Å². The van der Waals surface area contributed by atoms with Crippen LogP contribution in [0.4, 0.5) is 0 Å². The fourth-order valence-corrected chi connectivity index (χ4v) is 3.27. The molecule has 0 aliphatic carbocycles. The number of imidazole rings is 1. The largest absolute Gasteiger partial charge is 0.340 e. The van der Waals surface area contributed by atoms with E-state index in [-0.39, 0.29) is 11.9 Å². The number of carbonyl (C=O) groups excluding carboxylic acids is 1. The van der Waals surface area contributed by atoms with Gasteiger partial charge in [0.2, 0.25) is 5.91 Å². The lowest BCUT2D eigenvalue weighted by atomic mass is 10.1. The number of nitrogens with zero attached hydrogens (tertiary/aromatic N) is 5. The van der Waals surface area contributed by atoms with Gasteiger partial charge >= 0.3 is 0 Å². The Labute approximate surface area is 145 Å². The molecule has 0 saturated carbocycles. The molecule has 4 rings (SSSR count). The summed E-state index contributed by atoms with van der Waals surface area (Å²) in [6, 6.07) is 5.46. The van der Waals surface area contributed by atoms with Crippen LogP contribution in [0.15, 0.2) is 43.0 Å². The first-order chi connectivity index (χ1) is 12.3. The Kier molecular flexibility index (Phi) is 4.05. The lowest BCUT2D eigenvalue weighted by Crippen LogP contribution is -2.40. The molecule has 3 aromatic heterocycles. The zero-order valence-corrected chi connectivity index (χ0v) is 14.1. The average molecular weight is 336 g/mol. The first kappa shape index (κ1) is 15.6. The summed E-state index contributed by atoms with van der Waals surface area (Å²) in [6.45, 7) is 3.25. The van der Waals surface area contributed by atoms with Crippen molar-refractivity contribution in [3.05, 3.63) is 54.4 Å². The van der Waals surface area contributed by atoms with Gasteiger partial charge in [0.25, 0.3) is 0 Å². The second kappa shape index (κ2) is 6.51. The van der Waals surface area contributed by atoms with Gasteiger partial charge in [0, 0.05) is 43.3 Å². The number of rotatable bonds is 4. The zero-order chi connectivity index (χ0) is 17.2. The molecule has 4 heterocycles. The molecule has 0 unspecified atom stereocenters. The molecule has 3 aromatic rings. The summed E-state index contributed by atoms with van der Waals surface area (Å²) in [4.78, 5) is 27.0. The first-order valence-electron chi connectivity index (χ1n) is 8.52. The molecule has 0 aromatic carbocycles. The molecule has 128 valence electrons. The van der Waals surface area contributed by atoms with Crippen LogP contribution in [-0.4, -0.2) is 42.1 Å². The number of aromatic amines is 1. The number of hydrogen-bond acceptors (Lipinski definition) is 4. The highest BCUT2D eigenvalue weighted by Gasteiger charge is 2.29. The van der Waals surface area contributed by atoms with E-state index >= 15 is 0 Å². The van der Waals surface area contributed by atoms with Crippen molar-refractivity contribution < 1.29 is 4.79 Å². The molecule has 1 aliphatic rings. The van der Waals surface area contributed by atoms with Crippen molar-refractivity contribution in [1.82, 2.24) is 29.6 Å². The van der Waals surface area contributed by atoms with Gasteiger partial charge in [0.05, 0.1) is 17.9 Å². The topological polar surface area (TPSA) is 79.7 Å². The van der Waals surface area contributed by atoms with Crippen LogP contribution < -0.4 is 0 Å². The monoisotopic (exact) mass is 336 g/mol. The number of carbonyl (C=O) groups is 1. The second-order valence-electron chi connectivity index (χ2n) is 6.17. The van der Waals surface area contributed by atoms with Crippen molar-refractivity contribution >= 4 is 5.91 Å². The zero-order valence-electron chi connectivity index (χ0n) is 14.1.